The summed E-state index contributed by atoms with van der Waals surface area (Å²) in [6, 6.07) is 0.0731. The molecule has 0 fully saturated rings. The number of carboxylic acids is 1. The number of hydrogen-bond acceptors (Lipinski definition) is 4. The first-order valence-corrected chi connectivity index (χ1v) is 7.30. The molecule has 7 nitrogen and oxygen atoms in total. The SMILES string of the molecule is CC(C)(NC(=O)N1CCc2sccc2C1C(=O)O)C(N)=O. The Balaban J connectivity index is 2.25. The number of urea groups is 1. The number of carboxylic acid groups (broad SMARTS) is 1. The molecule has 0 aromatic carbocycles. The van der Waals surface area contributed by atoms with E-state index in [2.05, 4.69) is 5.32 Å². The molecule has 2 rings (SSSR count). The maximum Gasteiger partial charge on any atom is 0.331 e. The number of nitrogens with one attached hydrogen (secondary N) is 1. The highest BCUT2D eigenvalue weighted by atomic mass is 32.1. The summed E-state index contributed by atoms with van der Waals surface area (Å²) in [5.41, 5.74) is 4.61. The van der Waals surface area contributed by atoms with Crippen LogP contribution < -0.4 is 11.1 Å². The Morgan fingerprint density at radius 1 is 1.48 bits per heavy atom. The van der Waals surface area contributed by atoms with Gasteiger partial charge in [-0.2, -0.15) is 0 Å². The number of primary amides is 1. The number of carbonyl (C=O) groups is 3. The lowest BCUT2D eigenvalue weighted by Crippen LogP contribution is -2.58. The summed E-state index contributed by atoms with van der Waals surface area (Å²) in [6.07, 6.45) is 0.598. The first-order chi connectivity index (χ1) is 9.74. The van der Waals surface area contributed by atoms with Crippen molar-refractivity contribution < 1.29 is 19.5 Å². The minimum absolute atomic E-state index is 0.283. The quantitative estimate of drug-likeness (QED) is 0.762. The standard InChI is InChI=1S/C13H17N3O4S/c1-13(2,11(14)19)15-12(20)16-5-3-8-7(4-6-21-8)9(16)10(17)18/h4,6,9H,3,5H2,1-2H3,(H2,14,19)(H,15,20)(H,17,18). The average Bonchev–Trinajstić information content (AvgIpc) is 2.84. The molecule has 0 aliphatic carbocycles. The molecule has 1 aliphatic heterocycles. The van der Waals surface area contributed by atoms with Crippen LogP contribution in [0.5, 0.6) is 0 Å². The number of hydrogen-bond donors (Lipinski definition) is 3. The minimum Gasteiger partial charge on any atom is -0.479 e. The van der Waals surface area contributed by atoms with Gasteiger partial charge in [-0.25, -0.2) is 9.59 Å². The number of rotatable bonds is 3. The Labute approximate surface area is 125 Å². The molecule has 0 saturated carbocycles. The molecule has 0 radical (unpaired) electrons. The van der Waals surface area contributed by atoms with Crippen molar-refractivity contribution in [1.29, 1.82) is 0 Å². The molecule has 1 aromatic heterocycles. The zero-order chi connectivity index (χ0) is 15.8. The maximum atomic E-state index is 12.3. The van der Waals surface area contributed by atoms with Crippen LogP contribution in [0.25, 0.3) is 0 Å². The highest BCUT2D eigenvalue weighted by Crippen LogP contribution is 2.33. The first kappa shape index (κ1) is 15.3. The van der Waals surface area contributed by atoms with Crippen molar-refractivity contribution in [3.63, 3.8) is 0 Å². The number of thiophene rings is 1. The zero-order valence-corrected chi connectivity index (χ0v) is 12.6. The Kier molecular flexibility index (Phi) is 3.91. The smallest absolute Gasteiger partial charge is 0.331 e. The topological polar surface area (TPSA) is 113 Å². The van der Waals surface area contributed by atoms with E-state index in [1.807, 2.05) is 5.38 Å². The molecule has 1 aromatic rings. The second kappa shape index (κ2) is 5.36. The summed E-state index contributed by atoms with van der Waals surface area (Å²) in [7, 11) is 0. The maximum absolute atomic E-state index is 12.3. The van der Waals surface area contributed by atoms with Crippen LogP contribution in [0.3, 0.4) is 0 Å². The molecule has 8 heteroatoms. The molecule has 0 saturated heterocycles. The van der Waals surface area contributed by atoms with Gasteiger partial charge in [-0.05, 0) is 37.3 Å². The molecule has 4 N–H and O–H groups in total. The van der Waals surface area contributed by atoms with E-state index >= 15 is 0 Å². The molecule has 2 heterocycles. The summed E-state index contributed by atoms with van der Waals surface area (Å²) in [5.74, 6) is -1.78. The fourth-order valence-corrected chi connectivity index (χ4v) is 3.11. The summed E-state index contributed by atoms with van der Waals surface area (Å²) >= 11 is 1.48. The van der Waals surface area contributed by atoms with Gasteiger partial charge in [0.15, 0.2) is 6.04 Å². The summed E-state index contributed by atoms with van der Waals surface area (Å²) in [6.45, 7) is 3.23. The number of fused-ring (bicyclic) bond motifs is 1. The van der Waals surface area contributed by atoms with Gasteiger partial charge in [0.25, 0.3) is 0 Å². The van der Waals surface area contributed by atoms with Crippen molar-refractivity contribution in [2.45, 2.75) is 31.8 Å². The van der Waals surface area contributed by atoms with Gasteiger partial charge in [0.2, 0.25) is 5.91 Å². The summed E-state index contributed by atoms with van der Waals surface area (Å²) in [5, 5.41) is 13.7. The van der Waals surface area contributed by atoms with Gasteiger partial charge in [0, 0.05) is 11.4 Å². The van der Waals surface area contributed by atoms with Gasteiger partial charge >= 0.3 is 12.0 Å². The predicted octanol–water partition coefficient (Wildman–Crippen LogP) is 0.705. The predicted molar refractivity (Wildman–Crippen MR) is 76.9 cm³/mol. The number of aliphatic carboxylic acids is 1. The van der Waals surface area contributed by atoms with Crippen molar-refractivity contribution in [1.82, 2.24) is 10.2 Å². The highest BCUT2D eigenvalue weighted by Gasteiger charge is 2.39. The lowest BCUT2D eigenvalue weighted by molar-refractivity contribution is -0.142. The van der Waals surface area contributed by atoms with Crippen molar-refractivity contribution in [3.8, 4) is 0 Å². The van der Waals surface area contributed by atoms with Crippen molar-refractivity contribution >= 4 is 29.2 Å². The minimum atomic E-state index is -1.24. The molecule has 1 atom stereocenters. The van der Waals surface area contributed by atoms with E-state index in [-0.39, 0.29) is 6.54 Å². The average molecular weight is 311 g/mol. The van der Waals surface area contributed by atoms with Crippen molar-refractivity contribution in [3.05, 3.63) is 21.9 Å². The normalized spacial score (nSPS) is 18.0. The Morgan fingerprint density at radius 3 is 2.71 bits per heavy atom. The Morgan fingerprint density at radius 2 is 2.14 bits per heavy atom. The Hall–Kier alpha value is -2.09. The zero-order valence-electron chi connectivity index (χ0n) is 11.8. The van der Waals surface area contributed by atoms with Gasteiger partial charge in [0.05, 0.1) is 0 Å². The van der Waals surface area contributed by atoms with Crippen LogP contribution in [0.2, 0.25) is 0 Å². The highest BCUT2D eigenvalue weighted by molar-refractivity contribution is 7.10. The largest absolute Gasteiger partial charge is 0.479 e. The van der Waals surface area contributed by atoms with E-state index < -0.39 is 29.5 Å². The molecule has 1 unspecified atom stereocenters. The van der Waals surface area contributed by atoms with Crippen molar-refractivity contribution in [2.24, 2.45) is 5.73 Å². The number of nitrogens with two attached hydrogens (primary N) is 1. The lowest BCUT2D eigenvalue weighted by Gasteiger charge is -2.35. The molecule has 3 amide bonds. The fraction of sp³-hybridized carbons (Fsp3) is 0.462. The number of carbonyl (C=O) groups excluding carboxylic acids is 2. The van der Waals surface area contributed by atoms with Crippen LogP contribution in [-0.2, 0) is 16.0 Å². The molecule has 114 valence electrons. The third kappa shape index (κ3) is 2.85. The van der Waals surface area contributed by atoms with Crippen LogP contribution in [0, 0.1) is 0 Å². The third-order valence-electron chi connectivity index (χ3n) is 3.50. The van der Waals surface area contributed by atoms with Crippen LogP contribution in [0.15, 0.2) is 11.4 Å². The van der Waals surface area contributed by atoms with E-state index in [0.717, 1.165) is 4.88 Å². The number of nitrogens with zero attached hydrogens (tertiary/aromatic N) is 1. The van der Waals surface area contributed by atoms with E-state index in [0.29, 0.717) is 12.0 Å². The summed E-state index contributed by atoms with van der Waals surface area (Å²) in [4.78, 5) is 37.3. The van der Waals surface area contributed by atoms with Gasteiger partial charge in [0.1, 0.15) is 5.54 Å². The second-order valence-electron chi connectivity index (χ2n) is 5.40. The van der Waals surface area contributed by atoms with Gasteiger partial charge in [-0.3, -0.25) is 4.79 Å². The first-order valence-electron chi connectivity index (χ1n) is 6.42. The third-order valence-corrected chi connectivity index (χ3v) is 4.49. The van der Waals surface area contributed by atoms with E-state index in [1.54, 1.807) is 6.07 Å². The molecule has 1 aliphatic rings. The molecular formula is C13H17N3O4S. The summed E-state index contributed by atoms with van der Waals surface area (Å²) < 4.78 is 0. The van der Waals surface area contributed by atoms with Gasteiger partial charge < -0.3 is 21.1 Å². The molecular weight excluding hydrogens is 294 g/mol. The van der Waals surface area contributed by atoms with Gasteiger partial charge in [-0.15, -0.1) is 11.3 Å². The molecule has 0 bridgehead atoms. The van der Waals surface area contributed by atoms with Crippen LogP contribution in [0.1, 0.15) is 30.3 Å². The second-order valence-corrected chi connectivity index (χ2v) is 6.40. The van der Waals surface area contributed by atoms with Crippen LogP contribution in [0.4, 0.5) is 4.79 Å². The van der Waals surface area contributed by atoms with Crippen molar-refractivity contribution in [2.75, 3.05) is 6.54 Å². The molecule has 0 spiro atoms. The van der Waals surface area contributed by atoms with Crippen LogP contribution >= 0.6 is 11.3 Å². The fourth-order valence-electron chi connectivity index (χ4n) is 2.20. The monoisotopic (exact) mass is 311 g/mol. The van der Waals surface area contributed by atoms with E-state index in [4.69, 9.17) is 5.73 Å². The Bertz CT molecular complexity index is 596. The van der Waals surface area contributed by atoms with Crippen LogP contribution in [-0.4, -0.2) is 40.0 Å². The van der Waals surface area contributed by atoms with E-state index in [1.165, 1.54) is 30.1 Å². The lowest BCUT2D eigenvalue weighted by atomic mass is 10.00. The van der Waals surface area contributed by atoms with E-state index in [9.17, 15) is 19.5 Å². The number of amides is 3. The van der Waals surface area contributed by atoms with Gasteiger partial charge in [-0.1, -0.05) is 0 Å². The molecule has 21 heavy (non-hydrogen) atoms.